The first-order chi connectivity index (χ1) is 7.89. The van der Waals surface area contributed by atoms with Gasteiger partial charge in [0.2, 0.25) is 10.0 Å². The second-order valence-corrected chi connectivity index (χ2v) is 6.76. The van der Waals surface area contributed by atoms with E-state index in [1.807, 2.05) is 6.92 Å². The SMILES string of the molecule is CCCCN(C)S(=O)(=O)c1ccc(N)c(Br)c1. The van der Waals surface area contributed by atoms with Crippen molar-refractivity contribution in [2.24, 2.45) is 0 Å². The molecular formula is C11H17BrN2O2S. The van der Waals surface area contributed by atoms with Gasteiger partial charge in [0, 0.05) is 23.8 Å². The molecule has 0 atom stereocenters. The van der Waals surface area contributed by atoms with Gasteiger partial charge in [0.05, 0.1) is 4.90 Å². The van der Waals surface area contributed by atoms with Gasteiger partial charge in [-0.1, -0.05) is 13.3 Å². The Labute approximate surface area is 111 Å². The number of nitrogens with zero attached hydrogens (tertiary/aromatic N) is 1. The summed E-state index contributed by atoms with van der Waals surface area (Å²) in [6.45, 7) is 2.56. The molecule has 0 fully saturated rings. The van der Waals surface area contributed by atoms with Crippen molar-refractivity contribution in [1.82, 2.24) is 4.31 Å². The number of hydrogen-bond acceptors (Lipinski definition) is 3. The fourth-order valence-electron chi connectivity index (χ4n) is 1.35. The van der Waals surface area contributed by atoms with Crippen LogP contribution in [-0.2, 0) is 10.0 Å². The van der Waals surface area contributed by atoms with Gasteiger partial charge in [-0.15, -0.1) is 0 Å². The third-order valence-corrected chi connectivity index (χ3v) is 5.05. The van der Waals surface area contributed by atoms with E-state index in [2.05, 4.69) is 15.9 Å². The maximum atomic E-state index is 12.2. The fourth-order valence-corrected chi connectivity index (χ4v) is 3.12. The zero-order valence-corrected chi connectivity index (χ0v) is 12.4. The molecule has 0 bridgehead atoms. The van der Waals surface area contributed by atoms with Gasteiger partial charge >= 0.3 is 0 Å². The summed E-state index contributed by atoms with van der Waals surface area (Å²) < 4.78 is 26.3. The minimum absolute atomic E-state index is 0.261. The molecule has 17 heavy (non-hydrogen) atoms. The van der Waals surface area contributed by atoms with E-state index in [4.69, 9.17) is 5.73 Å². The van der Waals surface area contributed by atoms with Gasteiger partial charge in [-0.2, -0.15) is 0 Å². The number of nitrogens with two attached hydrogens (primary N) is 1. The zero-order valence-electron chi connectivity index (χ0n) is 9.98. The first-order valence-electron chi connectivity index (χ1n) is 5.41. The highest BCUT2D eigenvalue weighted by Crippen LogP contribution is 2.24. The van der Waals surface area contributed by atoms with E-state index in [1.165, 1.54) is 16.4 Å². The molecule has 1 aromatic carbocycles. The highest BCUT2D eigenvalue weighted by atomic mass is 79.9. The van der Waals surface area contributed by atoms with Crippen LogP contribution in [0.25, 0.3) is 0 Å². The Kier molecular flexibility index (Phi) is 4.97. The van der Waals surface area contributed by atoms with Crippen molar-refractivity contribution >= 4 is 31.6 Å². The van der Waals surface area contributed by atoms with Crippen molar-refractivity contribution in [2.75, 3.05) is 19.3 Å². The molecular weight excluding hydrogens is 304 g/mol. The first-order valence-corrected chi connectivity index (χ1v) is 7.64. The van der Waals surface area contributed by atoms with Crippen LogP contribution in [0.2, 0.25) is 0 Å². The normalized spacial score (nSPS) is 12.0. The predicted octanol–water partition coefficient (Wildman–Crippen LogP) is 2.45. The lowest BCUT2D eigenvalue weighted by Crippen LogP contribution is -2.27. The minimum Gasteiger partial charge on any atom is -0.398 e. The average molecular weight is 321 g/mol. The second-order valence-electron chi connectivity index (χ2n) is 3.86. The summed E-state index contributed by atoms with van der Waals surface area (Å²) in [4.78, 5) is 0.261. The highest BCUT2D eigenvalue weighted by Gasteiger charge is 2.20. The minimum atomic E-state index is -3.40. The summed E-state index contributed by atoms with van der Waals surface area (Å²) in [6.07, 6.45) is 1.82. The number of unbranched alkanes of at least 4 members (excludes halogenated alkanes) is 1. The van der Waals surface area contributed by atoms with Gasteiger partial charge in [0.15, 0.2) is 0 Å². The van der Waals surface area contributed by atoms with Crippen LogP contribution in [0.5, 0.6) is 0 Å². The van der Waals surface area contributed by atoms with Crippen molar-refractivity contribution in [3.8, 4) is 0 Å². The Hall–Kier alpha value is -0.590. The summed E-state index contributed by atoms with van der Waals surface area (Å²) in [5, 5.41) is 0. The topological polar surface area (TPSA) is 63.4 Å². The standard InChI is InChI=1S/C11H17BrN2O2S/c1-3-4-7-14(2)17(15,16)9-5-6-11(13)10(12)8-9/h5-6,8H,3-4,7,13H2,1-2H3. The largest absolute Gasteiger partial charge is 0.398 e. The number of benzene rings is 1. The van der Waals surface area contributed by atoms with E-state index in [0.717, 1.165) is 12.8 Å². The lowest BCUT2D eigenvalue weighted by Gasteiger charge is -2.17. The monoisotopic (exact) mass is 320 g/mol. The number of rotatable bonds is 5. The molecule has 0 aliphatic carbocycles. The summed E-state index contributed by atoms with van der Waals surface area (Å²) in [6, 6.07) is 4.65. The van der Waals surface area contributed by atoms with Crippen LogP contribution in [0.1, 0.15) is 19.8 Å². The van der Waals surface area contributed by atoms with Crippen LogP contribution in [-0.4, -0.2) is 26.3 Å². The molecule has 0 radical (unpaired) electrons. The van der Waals surface area contributed by atoms with Gasteiger partial charge in [-0.25, -0.2) is 12.7 Å². The summed E-state index contributed by atoms with van der Waals surface area (Å²) in [5.41, 5.74) is 6.16. The summed E-state index contributed by atoms with van der Waals surface area (Å²) >= 11 is 3.23. The smallest absolute Gasteiger partial charge is 0.242 e. The molecule has 1 aromatic rings. The van der Waals surface area contributed by atoms with Crippen molar-refractivity contribution in [2.45, 2.75) is 24.7 Å². The van der Waals surface area contributed by atoms with Crippen LogP contribution < -0.4 is 5.73 Å². The molecule has 0 aromatic heterocycles. The molecule has 0 saturated carbocycles. The van der Waals surface area contributed by atoms with Crippen molar-refractivity contribution in [3.05, 3.63) is 22.7 Å². The second kappa shape index (κ2) is 5.84. The van der Waals surface area contributed by atoms with Crippen molar-refractivity contribution in [1.29, 1.82) is 0 Å². The molecule has 0 amide bonds. The van der Waals surface area contributed by atoms with E-state index in [9.17, 15) is 8.42 Å². The average Bonchev–Trinajstić information content (AvgIpc) is 2.29. The molecule has 0 unspecified atom stereocenters. The molecule has 0 saturated heterocycles. The predicted molar refractivity (Wildman–Crippen MR) is 73.3 cm³/mol. The number of halogens is 1. The Balaban J connectivity index is 3.00. The van der Waals surface area contributed by atoms with Gasteiger partial charge in [-0.3, -0.25) is 0 Å². The van der Waals surface area contributed by atoms with E-state index >= 15 is 0 Å². The number of sulfonamides is 1. The van der Waals surface area contributed by atoms with E-state index in [-0.39, 0.29) is 4.90 Å². The van der Waals surface area contributed by atoms with E-state index < -0.39 is 10.0 Å². The Morgan fingerprint density at radius 1 is 1.41 bits per heavy atom. The quantitative estimate of drug-likeness (QED) is 0.847. The van der Waals surface area contributed by atoms with Gasteiger partial charge in [0.25, 0.3) is 0 Å². The maximum absolute atomic E-state index is 12.2. The highest BCUT2D eigenvalue weighted by molar-refractivity contribution is 9.10. The Bertz CT molecular complexity index is 488. The van der Waals surface area contributed by atoms with E-state index in [1.54, 1.807) is 13.1 Å². The number of hydrogen-bond donors (Lipinski definition) is 1. The van der Waals surface area contributed by atoms with Crippen LogP contribution >= 0.6 is 15.9 Å². The summed E-state index contributed by atoms with van der Waals surface area (Å²) in [5.74, 6) is 0. The van der Waals surface area contributed by atoms with Gasteiger partial charge < -0.3 is 5.73 Å². The third-order valence-electron chi connectivity index (χ3n) is 2.51. The van der Waals surface area contributed by atoms with Crippen LogP contribution in [0.15, 0.2) is 27.6 Å². The van der Waals surface area contributed by atoms with Crippen LogP contribution in [0, 0.1) is 0 Å². The molecule has 6 heteroatoms. The molecule has 0 aliphatic heterocycles. The summed E-state index contributed by atoms with van der Waals surface area (Å²) in [7, 11) is -1.81. The number of anilines is 1. The van der Waals surface area contributed by atoms with Crippen LogP contribution in [0.3, 0.4) is 0 Å². The van der Waals surface area contributed by atoms with Crippen molar-refractivity contribution < 1.29 is 8.42 Å². The van der Waals surface area contributed by atoms with Gasteiger partial charge in [0.1, 0.15) is 0 Å². The molecule has 4 nitrogen and oxygen atoms in total. The molecule has 0 spiro atoms. The number of nitrogen functional groups attached to an aromatic ring is 1. The molecule has 0 heterocycles. The zero-order chi connectivity index (χ0) is 13.1. The van der Waals surface area contributed by atoms with Gasteiger partial charge in [-0.05, 0) is 40.5 Å². The van der Waals surface area contributed by atoms with E-state index in [0.29, 0.717) is 16.7 Å². The third kappa shape index (κ3) is 3.43. The lowest BCUT2D eigenvalue weighted by molar-refractivity contribution is 0.459. The Morgan fingerprint density at radius 3 is 2.59 bits per heavy atom. The Morgan fingerprint density at radius 2 is 2.06 bits per heavy atom. The molecule has 2 N–H and O–H groups in total. The van der Waals surface area contributed by atoms with Crippen molar-refractivity contribution in [3.63, 3.8) is 0 Å². The van der Waals surface area contributed by atoms with Crippen LogP contribution in [0.4, 0.5) is 5.69 Å². The lowest BCUT2D eigenvalue weighted by atomic mass is 10.3. The molecule has 0 aliphatic rings. The fraction of sp³-hybridized carbons (Fsp3) is 0.455. The first kappa shape index (κ1) is 14.5. The maximum Gasteiger partial charge on any atom is 0.242 e. The molecule has 96 valence electrons. The molecule has 1 rings (SSSR count).